The number of aliphatic hydroxyl groups is 1. The molecule has 0 amide bonds. The molecule has 0 bridgehead atoms. The molecule has 0 spiro atoms. The molecule has 0 radical (unpaired) electrons. The minimum Gasteiger partial charge on any atom is -0.393 e. The Morgan fingerprint density at radius 2 is 2.33 bits per heavy atom. The summed E-state index contributed by atoms with van der Waals surface area (Å²) in [5.74, 6) is 0. The van der Waals surface area contributed by atoms with Crippen LogP contribution in [0.2, 0.25) is 0 Å². The molecule has 0 aliphatic rings. The summed E-state index contributed by atoms with van der Waals surface area (Å²) in [7, 11) is 0. The first-order valence-corrected chi connectivity index (χ1v) is 5.88. The number of hydrogen-bond donors (Lipinski definition) is 2. The van der Waals surface area contributed by atoms with Crippen LogP contribution >= 0.6 is 11.3 Å². The van der Waals surface area contributed by atoms with Gasteiger partial charge in [-0.05, 0) is 26.3 Å². The average molecular weight is 224 g/mol. The lowest BCUT2D eigenvalue weighted by Crippen LogP contribution is -2.28. The molecule has 1 aromatic rings. The van der Waals surface area contributed by atoms with Crippen molar-refractivity contribution in [3.05, 3.63) is 21.9 Å². The summed E-state index contributed by atoms with van der Waals surface area (Å²) >= 11 is 1.59. The first-order valence-electron chi connectivity index (χ1n) is 5.00. The van der Waals surface area contributed by atoms with E-state index in [-0.39, 0.29) is 12.1 Å². The second-order valence-electron chi connectivity index (χ2n) is 3.78. The highest BCUT2D eigenvalue weighted by atomic mass is 32.1. The fraction of sp³-hybridized carbons (Fsp3) is 0.545. The fourth-order valence-corrected chi connectivity index (χ4v) is 2.16. The smallest absolute Gasteiger partial charge is 0.100 e. The third kappa shape index (κ3) is 4.43. The second-order valence-corrected chi connectivity index (χ2v) is 4.78. The van der Waals surface area contributed by atoms with Gasteiger partial charge in [0.05, 0.1) is 11.7 Å². The summed E-state index contributed by atoms with van der Waals surface area (Å²) in [6.45, 7) is 4.60. The summed E-state index contributed by atoms with van der Waals surface area (Å²) in [6, 6.07) is 4.29. The molecule has 0 aliphatic carbocycles. The van der Waals surface area contributed by atoms with Crippen LogP contribution < -0.4 is 5.32 Å². The summed E-state index contributed by atoms with van der Waals surface area (Å²) in [6.07, 6.45) is 0.474. The van der Waals surface area contributed by atoms with Gasteiger partial charge in [-0.2, -0.15) is 5.26 Å². The molecule has 1 heterocycles. The van der Waals surface area contributed by atoms with E-state index in [0.717, 1.165) is 23.4 Å². The minimum absolute atomic E-state index is 0.273. The van der Waals surface area contributed by atoms with Crippen molar-refractivity contribution >= 4 is 11.3 Å². The predicted molar refractivity (Wildman–Crippen MR) is 61.6 cm³/mol. The fourth-order valence-electron chi connectivity index (χ4n) is 1.40. The molecule has 1 aromatic heterocycles. The Kier molecular flexibility index (Phi) is 4.76. The van der Waals surface area contributed by atoms with E-state index in [1.807, 2.05) is 18.4 Å². The van der Waals surface area contributed by atoms with Gasteiger partial charge in [0.25, 0.3) is 0 Å². The van der Waals surface area contributed by atoms with E-state index in [1.54, 1.807) is 18.3 Å². The van der Waals surface area contributed by atoms with E-state index in [1.165, 1.54) is 0 Å². The number of nitrogens with zero attached hydrogens (tertiary/aromatic N) is 1. The van der Waals surface area contributed by atoms with Crippen LogP contribution in [0.1, 0.15) is 30.7 Å². The van der Waals surface area contributed by atoms with Gasteiger partial charge in [0.2, 0.25) is 0 Å². The zero-order valence-corrected chi connectivity index (χ0v) is 9.84. The van der Waals surface area contributed by atoms with Crippen molar-refractivity contribution < 1.29 is 5.11 Å². The number of nitriles is 1. The zero-order valence-electron chi connectivity index (χ0n) is 9.03. The monoisotopic (exact) mass is 224 g/mol. The highest BCUT2D eigenvalue weighted by molar-refractivity contribution is 7.10. The molecule has 0 aliphatic heterocycles. The topological polar surface area (TPSA) is 56.0 Å². The van der Waals surface area contributed by atoms with E-state index in [0.29, 0.717) is 0 Å². The highest BCUT2D eigenvalue weighted by Gasteiger charge is 2.06. The molecular weight excluding hydrogens is 208 g/mol. The number of nitrogens with one attached hydrogen (secondary N) is 1. The summed E-state index contributed by atoms with van der Waals surface area (Å²) < 4.78 is 0. The molecule has 82 valence electrons. The van der Waals surface area contributed by atoms with Crippen molar-refractivity contribution in [2.45, 2.75) is 39.0 Å². The van der Waals surface area contributed by atoms with Crippen molar-refractivity contribution in [1.82, 2.24) is 5.32 Å². The van der Waals surface area contributed by atoms with Crippen molar-refractivity contribution in [2.24, 2.45) is 0 Å². The van der Waals surface area contributed by atoms with Gasteiger partial charge in [-0.1, -0.05) is 0 Å². The third-order valence-corrected chi connectivity index (χ3v) is 3.04. The number of rotatable bonds is 5. The van der Waals surface area contributed by atoms with Gasteiger partial charge in [-0.3, -0.25) is 0 Å². The van der Waals surface area contributed by atoms with Crippen molar-refractivity contribution in [2.75, 3.05) is 0 Å². The first kappa shape index (κ1) is 12.2. The summed E-state index contributed by atoms with van der Waals surface area (Å²) in [5, 5.41) is 23.0. The molecule has 2 atom stereocenters. The van der Waals surface area contributed by atoms with Crippen molar-refractivity contribution in [1.29, 1.82) is 5.26 Å². The maximum Gasteiger partial charge on any atom is 0.100 e. The number of aliphatic hydroxyl groups excluding tert-OH is 1. The van der Waals surface area contributed by atoms with Crippen LogP contribution in [0.25, 0.3) is 0 Å². The third-order valence-electron chi connectivity index (χ3n) is 2.10. The Hall–Kier alpha value is -0.890. The van der Waals surface area contributed by atoms with Gasteiger partial charge in [-0.25, -0.2) is 0 Å². The lowest BCUT2D eigenvalue weighted by Gasteiger charge is -2.14. The molecule has 0 saturated heterocycles. The molecule has 3 nitrogen and oxygen atoms in total. The van der Waals surface area contributed by atoms with Gasteiger partial charge in [0.15, 0.2) is 0 Å². The summed E-state index contributed by atoms with van der Waals surface area (Å²) in [4.78, 5) is 1.16. The van der Waals surface area contributed by atoms with Gasteiger partial charge >= 0.3 is 0 Å². The Balaban J connectivity index is 2.34. The molecule has 2 N–H and O–H groups in total. The maximum absolute atomic E-state index is 9.18. The molecule has 0 saturated carbocycles. The molecule has 0 aromatic carbocycles. The molecular formula is C11H16N2OS. The van der Waals surface area contributed by atoms with Gasteiger partial charge in [0, 0.05) is 22.8 Å². The average Bonchev–Trinajstić information content (AvgIpc) is 2.61. The maximum atomic E-state index is 9.18. The van der Waals surface area contributed by atoms with Crippen LogP contribution in [0.15, 0.2) is 11.4 Å². The Morgan fingerprint density at radius 1 is 1.60 bits per heavy atom. The van der Waals surface area contributed by atoms with E-state index in [4.69, 9.17) is 5.26 Å². The highest BCUT2D eigenvalue weighted by Crippen LogP contribution is 2.13. The first-order chi connectivity index (χ1) is 7.11. The van der Waals surface area contributed by atoms with Crippen LogP contribution in [0.5, 0.6) is 0 Å². The molecule has 1 rings (SSSR count). The number of hydrogen-bond acceptors (Lipinski definition) is 4. The molecule has 15 heavy (non-hydrogen) atoms. The van der Waals surface area contributed by atoms with Crippen LogP contribution in [0, 0.1) is 11.3 Å². The van der Waals surface area contributed by atoms with E-state index in [2.05, 4.69) is 11.4 Å². The SMILES string of the molecule is CC(O)CC(C)NCc1cc(C#N)cs1. The van der Waals surface area contributed by atoms with E-state index >= 15 is 0 Å². The van der Waals surface area contributed by atoms with Crippen LogP contribution in [-0.4, -0.2) is 17.3 Å². The standard InChI is InChI=1S/C11H16N2OS/c1-8(3-9(2)14)13-6-11-4-10(5-12)7-15-11/h4,7-9,13-14H,3,6H2,1-2H3. The zero-order chi connectivity index (χ0) is 11.3. The van der Waals surface area contributed by atoms with Crippen molar-refractivity contribution in [3.63, 3.8) is 0 Å². The molecule has 4 heteroatoms. The Bertz CT molecular complexity index is 341. The predicted octanol–water partition coefficient (Wildman–Crippen LogP) is 1.87. The second kappa shape index (κ2) is 5.86. The normalized spacial score (nSPS) is 14.5. The van der Waals surface area contributed by atoms with E-state index < -0.39 is 0 Å². The summed E-state index contributed by atoms with van der Waals surface area (Å²) in [5.41, 5.74) is 0.722. The van der Waals surface area contributed by atoms with Gasteiger partial charge in [-0.15, -0.1) is 11.3 Å². The lowest BCUT2D eigenvalue weighted by molar-refractivity contribution is 0.170. The lowest BCUT2D eigenvalue weighted by atomic mass is 10.1. The molecule has 2 unspecified atom stereocenters. The number of thiophene rings is 1. The van der Waals surface area contributed by atoms with Crippen LogP contribution in [-0.2, 0) is 6.54 Å². The quantitative estimate of drug-likeness (QED) is 0.802. The van der Waals surface area contributed by atoms with Gasteiger partial charge in [0.1, 0.15) is 6.07 Å². The van der Waals surface area contributed by atoms with Crippen LogP contribution in [0.3, 0.4) is 0 Å². The van der Waals surface area contributed by atoms with Crippen molar-refractivity contribution in [3.8, 4) is 6.07 Å². The van der Waals surface area contributed by atoms with E-state index in [9.17, 15) is 5.11 Å². The van der Waals surface area contributed by atoms with Gasteiger partial charge < -0.3 is 10.4 Å². The van der Waals surface area contributed by atoms with Crippen LogP contribution in [0.4, 0.5) is 0 Å². The largest absolute Gasteiger partial charge is 0.393 e. The minimum atomic E-state index is -0.273. The Labute approximate surface area is 94.4 Å². The Morgan fingerprint density at radius 3 is 2.87 bits per heavy atom. The molecule has 0 fully saturated rings.